The molecule has 2 unspecified atom stereocenters. The lowest BCUT2D eigenvalue weighted by atomic mass is 9.89. The lowest BCUT2D eigenvalue weighted by molar-refractivity contribution is 0.478. The zero-order valence-electron chi connectivity index (χ0n) is 56.5. The van der Waals surface area contributed by atoms with Crippen molar-refractivity contribution >= 4 is 0 Å². The fourth-order valence-corrected chi connectivity index (χ4v) is 14.4. The molecule has 0 aromatic carbocycles. The van der Waals surface area contributed by atoms with E-state index in [9.17, 15) is 0 Å². The Hall–Kier alpha value is -0.520. The van der Waals surface area contributed by atoms with Crippen molar-refractivity contribution in [3.63, 3.8) is 0 Å². The summed E-state index contributed by atoms with van der Waals surface area (Å²) in [7, 11) is 0. The highest BCUT2D eigenvalue weighted by Crippen LogP contribution is 2.42. The van der Waals surface area contributed by atoms with Gasteiger partial charge in [0.2, 0.25) is 0 Å². The average molecular weight is 1100 g/mol. The Morgan fingerprint density at radius 1 is 0.190 bits per heavy atom. The maximum Gasteiger partial charge on any atom is -0.0198 e. The number of hydrogen-bond donors (Lipinski definition) is 0. The van der Waals surface area contributed by atoms with Crippen molar-refractivity contribution in [1.29, 1.82) is 0 Å². The first kappa shape index (κ1) is 76.5. The Labute approximate surface area is 503 Å². The summed E-state index contributed by atoms with van der Waals surface area (Å²) in [5.41, 5.74) is 7.84. The first-order valence-electron chi connectivity index (χ1n) is 38.6. The molecule has 0 heterocycles. The third-order valence-corrected chi connectivity index (χ3v) is 19.8. The molecule has 0 heteroatoms. The third-order valence-electron chi connectivity index (χ3n) is 19.8. The van der Waals surface area contributed by atoms with Crippen LogP contribution in [0.4, 0.5) is 0 Å². The summed E-state index contributed by atoms with van der Waals surface area (Å²) < 4.78 is 0. The maximum atomic E-state index is 2.32. The minimum absolute atomic E-state index is 0.958. The summed E-state index contributed by atoms with van der Waals surface area (Å²) in [6, 6.07) is 0. The molecule has 0 amide bonds. The van der Waals surface area contributed by atoms with Crippen molar-refractivity contribution in [2.24, 2.45) is 11.8 Å². The fourth-order valence-electron chi connectivity index (χ4n) is 14.4. The van der Waals surface area contributed by atoms with Gasteiger partial charge in [0, 0.05) is 0 Å². The van der Waals surface area contributed by atoms with E-state index in [1.165, 1.54) is 430 Å². The second-order valence-corrected chi connectivity index (χ2v) is 27.3. The van der Waals surface area contributed by atoms with Gasteiger partial charge >= 0.3 is 0 Å². The summed E-state index contributed by atoms with van der Waals surface area (Å²) in [6.07, 6.45) is 98.1. The fraction of sp³-hybridized carbons (Fsp3) is 0.949. The Morgan fingerprint density at radius 3 is 0.557 bits per heavy atom. The van der Waals surface area contributed by atoms with E-state index in [1.54, 1.807) is 0 Å². The minimum atomic E-state index is 0.958. The summed E-state index contributed by atoms with van der Waals surface area (Å²) in [4.78, 5) is 0. The SMILES string of the molecule is CCCCCCCCCCC1=C(CCCCCCCCCC)C(CCCCCCCCCC)CC1.CCCCCCCCCCCCCC1=C(CCCCCCCCCCCCC)C(CCCCCCCCCCCCC)CC1. The zero-order chi connectivity index (χ0) is 56.8. The molecule has 0 N–H and O–H groups in total. The molecule has 0 radical (unpaired) electrons. The van der Waals surface area contributed by atoms with Gasteiger partial charge in [0.15, 0.2) is 0 Å². The highest BCUT2D eigenvalue weighted by molar-refractivity contribution is 5.24. The van der Waals surface area contributed by atoms with E-state index >= 15 is 0 Å². The number of unbranched alkanes of at least 4 members (excludes halogenated alkanes) is 51. The van der Waals surface area contributed by atoms with Gasteiger partial charge in [-0.15, -0.1) is 0 Å². The van der Waals surface area contributed by atoms with Crippen LogP contribution in [0.3, 0.4) is 0 Å². The van der Waals surface area contributed by atoms with E-state index in [0.717, 1.165) is 11.8 Å². The Balaban J connectivity index is 0.000000811. The molecule has 2 aliphatic rings. The molecular weight excluding hydrogens is 949 g/mol. The first-order valence-corrected chi connectivity index (χ1v) is 38.6. The van der Waals surface area contributed by atoms with Gasteiger partial charge < -0.3 is 0 Å². The van der Waals surface area contributed by atoms with Crippen molar-refractivity contribution in [2.75, 3.05) is 0 Å². The summed E-state index contributed by atoms with van der Waals surface area (Å²) in [6.45, 7) is 13.9. The highest BCUT2D eigenvalue weighted by atomic mass is 14.3. The van der Waals surface area contributed by atoms with Crippen LogP contribution in [-0.4, -0.2) is 0 Å². The molecule has 0 saturated carbocycles. The highest BCUT2D eigenvalue weighted by Gasteiger charge is 2.25. The normalized spacial score (nSPS) is 15.6. The molecule has 2 atom stereocenters. The quantitative estimate of drug-likeness (QED) is 0.0421. The molecule has 470 valence electrons. The van der Waals surface area contributed by atoms with E-state index in [2.05, 4.69) is 41.5 Å². The van der Waals surface area contributed by atoms with Crippen LogP contribution < -0.4 is 0 Å². The van der Waals surface area contributed by atoms with Gasteiger partial charge in [0.05, 0.1) is 0 Å². The van der Waals surface area contributed by atoms with Crippen LogP contribution in [0, 0.1) is 11.8 Å². The maximum absolute atomic E-state index is 2.32. The minimum Gasteiger partial charge on any atom is -0.0707 e. The monoisotopic (exact) mass is 1100 g/mol. The van der Waals surface area contributed by atoms with Gasteiger partial charge in [-0.2, -0.15) is 0 Å². The van der Waals surface area contributed by atoms with Crippen LogP contribution in [0.5, 0.6) is 0 Å². The number of allylic oxidation sites excluding steroid dienone is 4. The van der Waals surface area contributed by atoms with Crippen molar-refractivity contribution in [2.45, 2.75) is 472 Å². The average Bonchev–Trinajstić information content (AvgIpc) is 4.06. The van der Waals surface area contributed by atoms with Crippen LogP contribution in [0.1, 0.15) is 472 Å². The Morgan fingerprint density at radius 2 is 0.354 bits per heavy atom. The molecule has 2 aliphatic carbocycles. The summed E-state index contributed by atoms with van der Waals surface area (Å²) >= 11 is 0. The van der Waals surface area contributed by atoms with Gasteiger partial charge in [-0.3, -0.25) is 0 Å². The molecule has 2 rings (SSSR count). The molecule has 0 saturated heterocycles. The topological polar surface area (TPSA) is 0 Å². The van der Waals surface area contributed by atoms with Crippen LogP contribution in [0.25, 0.3) is 0 Å². The number of hydrogen-bond acceptors (Lipinski definition) is 0. The molecule has 0 bridgehead atoms. The molecule has 79 heavy (non-hydrogen) atoms. The van der Waals surface area contributed by atoms with E-state index < -0.39 is 0 Å². The summed E-state index contributed by atoms with van der Waals surface area (Å²) in [5, 5.41) is 0. The van der Waals surface area contributed by atoms with E-state index in [-0.39, 0.29) is 0 Å². The van der Waals surface area contributed by atoms with E-state index in [1.807, 2.05) is 22.3 Å². The molecule has 0 fully saturated rings. The molecule has 0 spiro atoms. The predicted molar refractivity (Wildman–Crippen MR) is 364 cm³/mol. The smallest absolute Gasteiger partial charge is 0.0198 e. The Kier molecular flexibility index (Phi) is 61.5. The van der Waals surface area contributed by atoms with Gasteiger partial charge in [-0.05, 0) is 102 Å². The van der Waals surface area contributed by atoms with Crippen LogP contribution >= 0.6 is 0 Å². The molecule has 0 aromatic rings. The Bertz CT molecular complexity index is 1230. The van der Waals surface area contributed by atoms with Crippen LogP contribution in [0.15, 0.2) is 22.3 Å². The third kappa shape index (κ3) is 49.5. The van der Waals surface area contributed by atoms with Gasteiger partial charge in [0.1, 0.15) is 0 Å². The molecule has 0 aliphatic heterocycles. The van der Waals surface area contributed by atoms with Crippen molar-refractivity contribution in [3.05, 3.63) is 22.3 Å². The van der Waals surface area contributed by atoms with Crippen molar-refractivity contribution in [1.82, 2.24) is 0 Å². The van der Waals surface area contributed by atoms with E-state index in [0.29, 0.717) is 0 Å². The predicted octanol–water partition coefficient (Wildman–Crippen LogP) is 30.1. The first-order chi connectivity index (χ1) is 39.2. The largest absolute Gasteiger partial charge is 0.0707 e. The van der Waals surface area contributed by atoms with Crippen molar-refractivity contribution in [3.8, 4) is 0 Å². The van der Waals surface area contributed by atoms with Crippen LogP contribution in [0.2, 0.25) is 0 Å². The van der Waals surface area contributed by atoms with Crippen LogP contribution in [-0.2, 0) is 0 Å². The number of rotatable bonds is 63. The zero-order valence-corrected chi connectivity index (χ0v) is 56.5. The second kappa shape index (κ2) is 63.5. The summed E-state index contributed by atoms with van der Waals surface area (Å²) in [5.74, 6) is 1.92. The van der Waals surface area contributed by atoms with E-state index in [4.69, 9.17) is 0 Å². The van der Waals surface area contributed by atoms with Gasteiger partial charge in [-0.1, -0.05) is 404 Å². The second-order valence-electron chi connectivity index (χ2n) is 27.3. The standard InChI is InChI=1S/C44H86.C35H68/c1-4-7-10-13-16-19-22-25-28-31-34-37-42-40-41-43(38-35-32-29-26-23-20-17-14-11-8-5-2)44(42)39-36-33-30-27-24-21-18-15-12-9-6-3;1-4-7-10-13-16-19-22-25-28-33-31-32-34(29-26-23-20-17-14-11-8-5-2)35(33)30-27-24-21-18-15-12-9-6-3/h42H,4-41H2,1-3H3;33H,4-32H2,1-3H3. The lowest BCUT2D eigenvalue weighted by Crippen LogP contribution is -2.01. The van der Waals surface area contributed by atoms with Crippen molar-refractivity contribution < 1.29 is 0 Å². The molecule has 0 aromatic heterocycles. The van der Waals surface area contributed by atoms with Gasteiger partial charge in [-0.25, -0.2) is 0 Å². The van der Waals surface area contributed by atoms with Gasteiger partial charge in [0.25, 0.3) is 0 Å². The molecular formula is C79H154. The lowest BCUT2D eigenvalue weighted by Gasteiger charge is -2.17. The molecule has 0 nitrogen and oxygen atoms in total.